The molecule has 3 nitrogen and oxygen atoms in total. The van der Waals surface area contributed by atoms with E-state index in [0.717, 1.165) is 0 Å². The van der Waals surface area contributed by atoms with E-state index in [1.165, 1.54) is 4.90 Å². The Morgan fingerprint density at radius 1 is 1.75 bits per heavy atom. The van der Waals surface area contributed by atoms with Crippen LogP contribution in [0.5, 0.6) is 0 Å². The Morgan fingerprint density at radius 2 is 2.25 bits per heavy atom. The normalized spacial score (nSPS) is 20.4. The third-order valence-electron chi connectivity index (χ3n) is 1.11. The average molecular weight is 180 g/mol. The third kappa shape index (κ3) is 0.940. The highest BCUT2D eigenvalue weighted by Crippen LogP contribution is 2.14. The lowest BCUT2D eigenvalue weighted by molar-refractivity contribution is 0.122. The summed E-state index contributed by atoms with van der Waals surface area (Å²) in [6, 6.07) is 0. The second-order valence-electron chi connectivity index (χ2n) is 1.78. The number of carboxylic acid groups (broad SMARTS) is 1. The lowest BCUT2D eigenvalue weighted by Gasteiger charge is -2.32. The van der Waals surface area contributed by atoms with Crippen LogP contribution in [0.1, 0.15) is 0 Å². The summed E-state index contributed by atoms with van der Waals surface area (Å²) in [6.07, 6.45) is -0.819. The zero-order valence-corrected chi connectivity index (χ0v) is 5.76. The molecule has 1 amide bonds. The maximum Gasteiger partial charge on any atom is 0.407 e. The third-order valence-corrected chi connectivity index (χ3v) is 1.69. The van der Waals surface area contributed by atoms with Gasteiger partial charge in [-0.1, -0.05) is 15.9 Å². The van der Waals surface area contributed by atoms with Gasteiger partial charge in [0.05, 0.1) is 4.83 Å². The smallest absolute Gasteiger partial charge is 0.407 e. The van der Waals surface area contributed by atoms with Crippen molar-refractivity contribution in [1.29, 1.82) is 0 Å². The highest BCUT2D eigenvalue weighted by molar-refractivity contribution is 9.09. The van der Waals surface area contributed by atoms with Crippen LogP contribution in [0, 0.1) is 0 Å². The molecule has 46 valence electrons. The predicted octanol–water partition coefficient (Wildman–Crippen LogP) is 0.744. The highest BCUT2D eigenvalue weighted by Gasteiger charge is 2.27. The summed E-state index contributed by atoms with van der Waals surface area (Å²) < 4.78 is 0. The lowest BCUT2D eigenvalue weighted by atomic mass is 10.2. The first kappa shape index (κ1) is 5.88. The minimum Gasteiger partial charge on any atom is -0.465 e. The molecule has 8 heavy (non-hydrogen) atoms. The highest BCUT2D eigenvalue weighted by atomic mass is 79.9. The van der Waals surface area contributed by atoms with Crippen LogP contribution in [0.4, 0.5) is 4.79 Å². The van der Waals surface area contributed by atoms with E-state index in [9.17, 15) is 4.79 Å². The molecule has 1 aliphatic rings. The van der Waals surface area contributed by atoms with Crippen molar-refractivity contribution < 1.29 is 9.90 Å². The summed E-state index contributed by atoms with van der Waals surface area (Å²) in [6.45, 7) is 1.27. The number of nitrogens with zero attached hydrogens (tertiary/aromatic N) is 1. The zero-order chi connectivity index (χ0) is 6.15. The molecule has 0 atom stereocenters. The number of alkyl halides is 1. The first-order chi connectivity index (χ1) is 3.70. The minimum atomic E-state index is -0.819. The summed E-state index contributed by atoms with van der Waals surface area (Å²) in [4.78, 5) is 11.8. The van der Waals surface area contributed by atoms with Crippen molar-refractivity contribution in [3.05, 3.63) is 0 Å². The summed E-state index contributed by atoms with van der Waals surface area (Å²) in [5.74, 6) is 0. The Morgan fingerprint density at radius 3 is 2.38 bits per heavy atom. The van der Waals surface area contributed by atoms with Crippen molar-refractivity contribution in [2.24, 2.45) is 0 Å². The first-order valence-corrected chi connectivity index (χ1v) is 3.23. The Hall–Kier alpha value is -0.250. The quantitative estimate of drug-likeness (QED) is 0.558. The molecule has 0 aromatic heterocycles. The van der Waals surface area contributed by atoms with E-state index in [0.29, 0.717) is 17.9 Å². The van der Waals surface area contributed by atoms with Gasteiger partial charge in [-0.25, -0.2) is 4.79 Å². The fourth-order valence-electron chi connectivity index (χ4n) is 0.581. The molecule has 1 N–H and O–H groups in total. The number of hydrogen-bond donors (Lipinski definition) is 1. The van der Waals surface area contributed by atoms with Crippen molar-refractivity contribution in [1.82, 2.24) is 4.90 Å². The fourth-order valence-corrected chi connectivity index (χ4v) is 1.28. The van der Waals surface area contributed by atoms with Crippen molar-refractivity contribution in [2.45, 2.75) is 4.83 Å². The molecule has 0 aliphatic carbocycles. The van der Waals surface area contributed by atoms with Crippen LogP contribution in [0.2, 0.25) is 0 Å². The van der Waals surface area contributed by atoms with Gasteiger partial charge in [0.15, 0.2) is 0 Å². The van der Waals surface area contributed by atoms with Gasteiger partial charge in [0.25, 0.3) is 0 Å². The number of hydrogen-bond acceptors (Lipinski definition) is 1. The summed E-state index contributed by atoms with van der Waals surface area (Å²) in [5.41, 5.74) is 0. The van der Waals surface area contributed by atoms with Gasteiger partial charge < -0.3 is 10.0 Å². The molecule has 4 heteroatoms. The Kier molecular flexibility index (Phi) is 1.42. The molecular formula is C4H6BrNO2. The van der Waals surface area contributed by atoms with E-state index >= 15 is 0 Å². The summed E-state index contributed by atoms with van der Waals surface area (Å²) in [7, 11) is 0. The van der Waals surface area contributed by atoms with Gasteiger partial charge >= 0.3 is 6.09 Å². The molecular weight excluding hydrogens is 174 g/mol. The Bertz CT molecular complexity index is 111. The molecule has 0 aromatic carbocycles. The number of carbonyl (C=O) groups is 1. The van der Waals surface area contributed by atoms with E-state index in [2.05, 4.69) is 15.9 Å². The van der Waals surface area contributed by atoms with Gasteiger partial charge in [0.2, 0.25) is 0 Å². The van der Waals surface area contributed by atoms with Crippen LogP contribution >= 0.6 is 15.9 Å². The van der Waals surface area contributed by atoms with E-state index < -0.39 is 6.09 Å². The SMILES string of the molecule is O=C(O)N1CC(Br)C1. The average Bonchev–Trinajstić information content (AvgIpc) is 1.57. The summed E-state index contributed by atoms with van der Waals surface area (Å²) in [5, 5.41) is 8.26. The fraction of sp³-hybridized carbons (Fsp3) is 0.750. The molecule has 0 unspecified atom stereocenters. The molecule has 0 saturated carbocycles. The van der Waals surface area contributed by atoms with Gasteiger partial charge in [0, 0.05) is 13.1 Å². The standard InChI is InChI=1S/C4H6BrNO2/c5-3-1-6(2-3)4(7)8/h3H,1-2H2,(H,7,8). The van der Waals surface area contributed by atoms with E-state index in [1.54, 1.807) is 0 Å². The van der Waals surface area contributed by atoms with Crippen LogP contribution in [0.25, 0.3) is 0 Å². The Labute approximate surface area is 55.4 Å². The van der Waals surface area contributed by atoms with Crippen LogP contribution in [-0.2, 0) is 0 Å². The maximum atomic E-state index is 10.0. The van der Waals surface area contributed by atoms with E-state index in [1.807, 2.05) is 0 Å². The van der Waals surface area contributed by atoms with Gasteiger partial charge in [-0.2, -0.15) is 0 Å². The van der Waals surface area contributed by atoms with Crippen LogP contribution < -0.4 is 0 Å². The topological polar surface area (TPSA) is 40.5 Å². The van der Waals surface area contributed by atoms with Crippen LogP contribution in [0.15, 0.2) is 0 Å². The van der Waals surface area contributed by atoms with Gasteiger partial charge in [-0.3, -0.25) is 0 Å². The number of amides is 1. The minimum absolute atomic E-state index is 0.388. The van der Waals surface area contributed by atoms with Crippen molar-refractivity contribution in [3.63, 3.8) is 0 Å². The molecule has 1 fully saturated rings. The van der Waals surface area contributed by atoms with Crippen LogP contribution in [-0.4, -0.2) is 34.0 Å². The second-order valence-corrected chi connectivity index (χ2v) is 3.08. The monoisotopic (exact) mass is 179 g/mol. The van der Waals surface area contributed by atoms with E-state index in [-0.39, 0.29) is 0 Å². The largest absolute Gasteiger partial charge is 0.465 e. The second kappa shape index (κ2) is 1.93. The van der Waals surface area contributed by atoms with Crippen molar-refractivity contribution in [3.8, 4) is 0 Å². The van der Waals surface area contributed by atoms with Gasteiger partial charge in [0.1, 0.15) is 0 Å². The molecule has 1 heterocycles. The van der Waals surface area contributed by atoms with Gasteiger partial charge in [-0.15, -0.1) is 0 Å². The molecule has 0 bridgehead atoms. The van der Waals surface area contributed by atoms with Gasteiger partial charge in [-0.05, 0) is 0 Å². The maximum absolute atomic E-state index is 10.0. The molecule has 1 rings (SSSR count). The molecule has 0 aromatic rings. The number of rotatable bonds is 0. The van der Waals surface area contributed by atoms with Crippen molar-refractivity contribution >= 4 is 22.0 Å². The number of likely N-dealkylation sites (tertiary alicyclic amines) is 1. The predicted molar refractivity (Wildman–Crippen MR) is 32.3 cm³/mol. The van der Waals surface area contributed by atoms with Crippen LogP contribution in [0.3, 0.4) is 0 Å². The van der Waals surface area contributed by atoms with Crippen molar-refractivity contribution in [2.75, 3.05) is 13.1 Å². The molecule has 1 aliphatic heterocycles. The number of halogens is 1. The first-order valence-electron chi connectivity index (χ1n) is 2.32. The lowest BCUT2D eigenvalue weighted by Crippen LogP contribution is -2.50. The van der Waals surface area contributed by atoms with E-state index in [4.69, 9.17) is 5.11 Å². The molecule has 1 saturated heterocycles. The molecule has 0 radical (unpaired) electrons. The molecule has 0 spiro atoms. The zero-order valence-electron chi connectivity index (χ0n) is 4.17. The Balaban J connectivity index is 2.25. The summed E-state index contributed by atoms with van der Waals surface area (Å²) >= 11 is 3.26.